The van der Waals surface area contributed by atoms with Gasteiger partial charge in [-0.2, -0.15) is 0 Å². The van der Waals surface area contributed by atoms with Gasteiger partial charge in [0.05, 0.1) is 0 Å². The lowest BCUT2D eigenvalue weighted by Crippen LogP contribution is -2.27. The third-order valence-corrected chi connectivity index (χ3v) is 4.84. The number of benzene rings is 1. The van der Waals surface area contributed by atoms with Crippen LogP contribution in [-0.4, -0.2) is 13.1 Å². The summed E-state index contributed by atoms with van der Waals surface area (Å²) in [5.74, 6) is 6.47. The number of hydrogen-bond donors (Lipinski definition) is 0. The molecule has 0 saturated heterocycles. The molecule has 21 heavy (non-hydrogen) atoms. The molecule has 0 spiro atoms. The quantitative estimate of drug-likeness (QED) is 0.649. The highest BCUT2D eigenvalue weighted by Gasteiger charge is 2.18. The van der Waals surface area contributed by atoms with Crippen molar-refractivity contribution in [3.8, 4) is 11.8 Å². The summed E-state index contributed by atoms with van der Waals surface area (Å²) in [4.78, 5) is 2.54. The van der Waals surface area contributed by atoms with Gasteiger partial charge in [-0.1, -0.05) is 29.8 Å². The Morgan fingerprint density at radius 1 is 1.05 bits per heavy atom. The Kier molecular flexibility index (Phi) is 6.64. The molecular weight excluding hydrogens is 322 g/mol. The predicted octanol–water partition coefficient (Wildman–Crippen LogP) is 5.35. The van der Waals surface area contributed by atoms with E-state index in [0.717, 1.165) is 25.9 Å². The molecule has 0 radical (unpaired) electrons. The van der Waals surface area contributed by atoms with E-state index in [1.807, 2.05) is 0 Å². The lowest BCUT2D eigenvalue weighted by atomic mass is 9.90. The normalized spacial score (nSPS) is 13.3. The zero-order chi connectivity index (χ0) is 15.1. The smallest absolute Gasteiger partial charge is 0.0402 e. The third-order valence-electron chi connectivity index (χ3n) is 4.10. The fraction of sp³-hybridized carbons (Fsp3) is 0.579. The van der Waals surface area contributed by atoms with Crippen LogP contribution >= 0.6 is 15.9 Å². The molecule has 1 nitrogen and oxygen atoms in total. The van der Waals surface area contributed by atoms with Gasteiger partial charge >= 0.3 is 0 Å². The maximum absolute atomic E-state index is 3.74. The Morgan fingerprint density at radius 3 is 2.52 bits per heavy atom. The van der Waals surface area contributed by atoms with Crippen molar-refractivity contribution in [3.05, 3.63) is 27.7 Å². The minimum Gasteiger partial charge on any atom is -0.370 e. The molecule has 0 atom stereocenters. The number of halogens is 1. The van der Waals surface area contributed by atoms with Crippen LogP contribution in [0.3, 0.4) is 0 Å². The fourth-order valence-corrected chi connectivity index (χ4v) is 3.70. The average molecular weight is 348 g/mol. The van der Waals surface area contributed by atoms with E-state index in [1.54, 1.807) is 11.1 Å². The van der Waals surface area contributed by atoms with E-state index < -0.39 is 0 Å². The van der Waals surface area contributed by atoms with Crippen LogP contribution in [0.4, 0.5) is 5.69 Å². The first-order chi connectivity index (χ1) is 10.3. The summed E-state index contributed by atoms with van der Waals surface area (Å²) < 4.78 is 1.29. The first-order valence-electron chi connectivity index (χ1n) is 8.28. The summed E-state index contributed by atoms with van der Waals surface area (Å²) in [5, 5.41) is 0. The molecule has 0 N–H and O–H groups in total. The van der Waals surface area contributed by atoms with E-state index in [9.17, 15) is 0 Å². The van der Waals surface area contributed by atoms with Crippen LogP contribution in [0.5, 0.6) is 0 Å². The van der Waals surface area contributed by atoms with E-state index in [0.29, 0.717) is 0 Å². The van der Waals surface area contributed by atoms with Gasteiger partial charge in [-0.25, -0.2) is 0 Å². The SMILES string of the molecule is CCC#CCCN(CCC)c1ccc(Br)c2c1CCCC2. The molecule has 1 aliphatic carbocycles. The summed E-state index contributed by atoms with van der Waals surface area (Å²) in [7, 11) is 0. The van der Waals surface area contributed by atoms with Crippen molar-refractivity contribution >= 4 is 21.6 Å². The second-order valence-electron chi connectivity index (χ2n) is 5.67. The lowest BCUT2D eigenvalue weighted by molar-refractivity contribution is 0.674. The fourth-order valence-electron chi connectivity index (χ4n) is 3.13. The molecule has 0 amide bonds. The van der Waals surface area contributed by atoms with Crippen molar-refractivity contribution in [2.24, 2.45) is 0 Å². The first-order valence-corrected chi connectivity index (χ1v) is 9.08. The lowest BCUT2D eigenvalue weighted by Gasteiger charge is -2.30. The summed E-state index contributed by atoms with van der Waals surface area (Å²) in [6, 6.07) is 4.54. The van der Waals surface area contributed by atoms with E-state index in [1.165, 1.54) is 42.3 Å². The molecule has 0 aliphatic heterocycles. The van der Waals surface area contributed by atoms with E-state index in [2.05, 4.69) is 58.7 Å². The van der Waals surface area contributed by atoms with Gasteiger partial charge < -0.3 is 4.90 Å². The summed E-state index contributed by atoms with van der Waals surface area (Å²) in [6.07, 6.45) is 8.22. The minimum atomic E-state index is 0.960. The molecule has 0 unspecified atom stereocenters. The molecule has 114 valence electrons. The van der Waals surface area contributed by atoms with Crippen molar-refractivity contribution in [1.29, 1.82) is 0 Å². The van der Waals surface area contributed by atoms with Gasteiger partial charge in [0.15, 0.2) is 0 Å². The van der Waals surface area contributed by atoms with Gasteiger partial charge in [0.2, 0.25) is 0 Å². The zero-order valence-corrected chi connectivity index (χ0v) is 14.9. The molecule has 0 bridgehead atoms. The van der Waals surface area contributed by atoms with Gasteiger partial charge in [-0.3, -0.25) is 0 Å². The summed E-state index contributed by atoms with van der Waals surface area (Å²) in [5.41, 5.74) is 4.57. The van der Waals surface area contributed by atoms with Crippen molar-refractivity contribution in [3.63, 3.8) is 0 Å². The van der Waals surface area contributed by atoms with Gasteiger partial charge in [0.25, 0.3) is 0 Å². The Balaban J connectivity index is 2.23. The van der Waals surface area contributed by atoms with Crippen LogP contribution in [0.2, 0.25) is 0 Å². The van der Waals surface area contributed by atoms with E-state index >= 15 is 0 Å². The molecule has 0 fully saturated rings. The van der Waals surface area contributed by atoms with Gasteiger partial charge in [0, 0.05) is 36.1 Å². The van der Waals surface area contributed by atoms with Crippen molar-refractivity contribution in [1.82, 2.24) is 0 Å². The maximum Gasteiger partial charge on any atom is 0.0402 e. The van der Waals surface area contributed by atoms with Crippen LogP contribution in [0.1, 0.15) is 57.1 Å². The second kappa shape index (κ2) is 8.49. The molecular formula is C19H26BrN. The third kappa shape index (κ3) is 4.27. The molecule has 2 heteroatoms. The van der Waals surface area contributed by atoms with Crippen molar-refractivity contribution in [2.75, 3.05) is 18.0 Å². The van der Waals surface area contributed by atoms with E-state index in [-0.39, 0.29) is 0 Å². The van der Waals surface area contributed by atoms with Crippen LogP contribution in [0.25, 0.3) is 0 Å². The molecule has 0 aromatic heterocycles. The number of hydrogen-bond acceptors (Lipinski definition) is 1. The van der Waals surface area contributed by atoms with Crippen molar-refractivity contribution in [2.45, 2.75) is 58.8 Å². The Bertz CT molecular complexity index is 524. The van der Waals surface area contributed by atoms with Gasteiger partial charge in [-0.15, -0.1) is 11.8 Å². The first kappa shape index (κ1) is 16.4. The number of anilines is 1. The van der Waals surface area contributed by atoms with E-state index in [4.69, 9.17) is 0 Å². The summed E-state index contributed by atoms with van der Waals surface area (Å²) in [6.45, 7) is 6.55. The summed E-state index contributed by atoms with van der Waals surface area (Å²) >= 11 is 3.74. The molecule has 0 heterocycles. The highest BCUT2D eigenvalue weighted by Crippen LogP contribution is 2.35. The van der Waals surface area contributed by atoms with Gasteiger partial charge in [0.1, 0.15) is 0 Å². The maximum atomic E-state index is 3.74. The molecule has 1 aromatic carbocycles. The Labute approximate surface area is 138 Å². The average Bonchev–Trinajstić information content (AvgIpc) is 2.51. The largest absolute Gasteiger partial charge is 0.370 e. The molecule has 0 saturated carbocycles. The number of nitrogens with zero attached hydrogens (tertiary/aromatic N) is 1. The number of fused-ring (bicyclic) bond motifs is 1. The van der Waals surface area contributed by atoms with Crippen LogP contribution in [0, 0.1) is 11.8 Å². The highest BCUT2D eigenvalue weighted by molar-refractivity contribution is 9.10. The molecule has 2 rings (SSSR count). The Hall–Kier alpha value is -0.940. The van der Waals surface area contributed by atoms with Crippen molar-refractivity contribution < 1.29 is 0 Å². The Morgan fingerprint density at radius 2 is 1.81 bits per heavy atom. The standard InChI is InChI=1S/C19H26BrN/c1-3-5-6-9-15-21(14-4-2)19-13-12-18(20)16-10-7-8-11-17(16)19/h12-13H,3-4,7-11,14-15H2,1-2H3. The van der Waals surface area contributed by atoms with Crippen LogP contribution in [-0.2, 0) is 12.8 Å². The highest BCUT2D eigenvalue weighted by atomic mass is 79.9. The second-order valence-corrected chi connectivity index (χ2v) is 6.53. The minimum absolute atomic E-state index is 0.960. The topological polar surface area (TPSA) is 3.24 Å². The zero-order valence-electron chi connectivity index (χ0n) is 13.3. The molecule has 1 aromatic rings. The van der Waals surface area contributed by atoms with Gasteiger partial charge in [-0.05, 0) is 55.4 Å². The molecule has 1 aliphatic rings. The number of rotatable bonds is 5. The monoisotopic (exact) mass is 347 g/mol. The van der Waals surface area contributed by atoms with Crippen LogP contribution < -0.4 is 4.90 Å². The predicted molar refractivity (Wildman–Crippen MR) is 96.0 cm³/mol. The van der Waals surface area contributed by atoms with Crippen LogP contribution in [0.15, 0.2) is 16.6 Å².